The van der Waals surface area contributed by atoms with Crippen LogP contribution < -0.4 is 15.6 Å². The zero-order valence-electron chi connectivity index (χ0n) is 18.4. The number of amides is 2. The van der Waals surface area contributed by atoms with Gasteiger partial charge in [0, 0.05) is 29.0 Å². The molecule has 14 heteroatoms. The van der Waals surface area contributed by atoms with Gasteiger partial charge in [-0.25, -0.2) is 4.79 Å². The Labute approximate surface area is 202 Å². The summed E-state index contributed by atoms with van der Waals surface area (Å²) in [6.45, 7) is 0.266. The molecule has 1 fully saturated rings. The number of aromatic nitrogens is 1. The molecule has 5 rings (SSSR count). The van der Waals surface area contributed by atoms with E-state index in [0.717, 1.165) is 5.39 Å². The van der Waals surface area contributed by atoms with Gasteiger partial charge in [0.15, 0.2) is 18.3 Å². The number of furan rings is 1. The Bertz CT molecular complexity index is 1300. The maximum Gasteiger partial charge on any atom is 0.352 e. The Morgan fingerprint density at radius 3 is 2.97 bits per heavy atom. The van der Waals surface area contributed by atoms with E-state index in [2.05, 4.69) is 10.5 Å². The zero-order chi connectivity index (χ0) is 24.7. The van der Waals surface area contributed by atoms with Gasteiger partial charge < -0.3 is 24.4 Å². The SMILES string of the molecule is CON=C(C(=O)NC1C(=O)N2C(C(=O)O)=C(C[n+]3ccc4ccoc4c3)CS[C@@H]12)N1C=COC1N. The maximum absolute atomic E-state index is 13.0. The number of nitrogens with one attached hydrogen (secondary N) is 1. The highest BCUT2D eigenvalue weighted by atomic mass is 32.2. The number of carbonyl (C=O) groups is 3. The van der Waals surface area contributed by atoms with Crippen LogP contribution in [-0.4, -0.2) is 69.2 Å². The first-order chi connectivity index (χ1) is 16.9. The van der Waals surface area contributed by atoms with E-state index in [9.17, 15) is 19.5 Å². The number of rotatable bonds is 5. The van der Waals surface area contributed by atoms with Crippen LogP contribution in [0.5, 0.6) is 0 Å². The Kier molecular flexibility index (Phi) is 5.82. The van der Waals surface area contributed by atoms with Crippen LogP contribution in [0.25, 0.3) is 11.0 Å². The van der Waals surface area contributed by atoms with Crippen molar-refractivity contribution in [2.24, 2.45) is 10.9 Å². The minimum absolute atomic E-state index is 0.0834. The van der Waals surface area contributed by atoms with Gasteiger partial charge in [-0.15, -0.1) is 11.8 Å². The van der Waals surface area contributed by atoms with Gasteiger partial charge in [-0.2, -0.15) is 4.57 Å². The lowest BCUT2D eigenvalue weighted by Gasteiger charge is -2.49. The van der Waals surface area contributed by atoms with Gasteiger partial charge >= 0.3 is 5.97 Å². The van der Waals surface area contributed by atoms with Crippen LogP contribution in [0, 0.1) is 0 Å². The molecule has 0 aromatic carbocycles. The average molecular weight is 502 g/mol. The van der Waals surface area contributed by atoms with Crippen LogP contribution in [0.2, 0.25) is 0 Å². The molecule has 3 aliphatic rings. The molecule has 2 aromatic rings. The number of aliphatic carboxylic acids is 1. The first-order valence-electron chi connectivity index (χ1n) is 10.4. The van der Waals surface area contributed by atoms with Crippen LogP contribution in [-0.2, 0) is 30.5 Å². The number of amidine groups is 1. The van der Waals surface area contributed by atoms with Crippen molar-refractivity contribution >= 4 is 46.4 Å². The van der Waals surface area contributed by atoms with Gasteiger partial charge in [0.1, 0.15) is 30.5 Å². The molecule has 0 bridgehead atoms. The Morgan fingerprint density at radius 2 is 2.26 bits per heavy atom. The molecule has 182 valence electrons. The van der Waals surface area contributed by atoms with Crippen LogP contribution in [0.15, 0.2) is 64.1 Å². The van der Waals surface area contributed by atoms with Gasteiger partial charge in [-0.1, -0.05) is 5.16 Å². The quantitative estimate of drug-likeness (QED) is 0.159. The number of ether oxygens (including phenoxy) is 1. The number of β-lactam (4-membered cyclic amide) rings is 1. The molecule has 2 unspecified atom stereocenters. The van der Waals surface area contributed by atoms with Gasteiger partial charge in [0.2, 0.25) is 18.4 Å². The lowest BCUT2D eigenvalue weighted by atomic mass is 10.0. The van der Waals surface area contributed by atoms with E-state index in [1.54, 1.807) is 17.0 Å². The number of oxime groups is 1. The molecule has 3 atom stereocenters. The molecule has 1 saturated heterocycles. The molecule has 3 aliphatic heterocycles. The fourth-order valence-corrected chi connectivity index (χ4v) is 5.42. The standard InChI is InChI=1S/C21H20N6O7S/c1-32-24-16(26-5-7-34-21(26)22)17(28)23-14-18(29)27-15(20(30)31)12(10-35-19(14)27)8-25-4-2-11-3-6-33-13(11)9-25/h2-7,9,14,19,21H,8,10,22H2,1H3,(H-,23,28,30,31)/p+1/t14?,19-,21?/m0/s1. The summed E-state index contributed by atoms with van der Waals surface area (Å²) in [7, 11) is 1.26. The van der Waals surface area contributed by atoms with E-state index in [4.69, 9.17) is 19.7 Å². The first kappa shape index (κ1) is 22.7. The van der Waals surface area contributed by atoms with Crippen molar-refractivity contribution in [3.8, 4) is 0 Å². The number of hydrogen-bond acceptors (Lipinski definition) is 9. The summed E-state index contributed by atoms with van der Waals surface area (Å²) in [6.07, 6.45) is 6.89. The fraction of sp³-hybridized carbons (Fsp3) is 0.286. The van der Waals surface area contributed by atoms with E-state index >= 15 is 0 Å². The number of thioether (sulfide) groups is 1. The molecule has 0 radical (unpaired) electrons. The summed E-state index contributed by atoms with van der Waals surface area (Å²) >= 11 is 1.36. The predicted molar refractivity (Wildman–Crippen MR) is 121 cm³/mol. The molecule has 35 heavy (non-hydrogen) atoms. The maximum atomic E-state index is 13.0. The summed E-state index contributed by atoms with van der Waals surface area (Å²) in [4.78, 5) is 45.2. The number of fused-ring (bicyclic) bond motifs is 2. The van der Waals surface area contributed by atoms with E-state index in [-0.39, 0.29) is 18.1 Å². The predicted octanol–water partition coefficient (Wildman–Crippen LogP) is -0.535. The van der Waals surface area contributed by atoms with Crippen molar-refractivity contribution < 1.29 is 38.0 Å². The summed E-state index contributed by atoms with van der Waals surface area (Å²) in [5, 5.41) is 16.6. The van der Waals surface area contributed by atoms with E-state index in [0.29, 0.717) is 16.9 Å². The molecule has 0 spiro atoms. The Hall–Kier alpha value is -4.04. The molecule has 13 nitrogen and oxygen atoms in total. The lowest BCUT2D eigenvalue weighted by Crippen LogP contribution is -2.71. The molecular formula is C21H21N6O7S+. The number of nitrogens with zero attached hydrogens (tertiary/aromatic N) is 4. The number of hydrogen-bond donors (Lipinski definition) is 3. The van der Waals surface area contributed by atoms with E-state index in [1.165, 1.54) is 41.1 Å². The van der Waals surface area contributed by atoms with Crippen LogP contribution in [0.3, 0.4) is 0 Å². The number of nitrogens with two attached hydrogens (primary N) is 1. The Morgan fingerprint density at radius 1 is 1.43 bits per heavy atom. The minimum atomic E-state index is -1.21. The highest BCUT2D eigenvalue weighted by Gasteiger charge is 2.55. The Balaban J connectivity index is 1.34. The summed E-state index contributed by atoms with van der Waals surface area (Å²) in [5.41, 5.74) is 6.93. The summed E-state index contributed by atoms with van der Waals surface area (Å²) < 4.78 is 12.3. The number of carboxylic acid groups (broad SMARTS) is 1. The highest BCUT2D eigenvalue weighted by Crippen LogP contribution is 2.40. The van der Waals surface area contributed by atoms with E-state index in [1.807, 2.05) is 18.3 Å². The smallest absolute Gasteiger partial charge is 0.352 e. The second-order valence-corrected chi connectivity index (χ2v) is 8.90. The molecule has 2 amide bonds. The van der Waals surface area contributed by atoms with Gasteiger partial charge in [-0.05, 0) is 6.07 Å². The fourth-order valence-electron chi connectivity index (χ4n) is 4.09. The lowest BCUT2D eigenvalue weighted by molar-refractivity contribution is -0.688. The highest BCUT2D eigenvalue weighted by molar-refractivity contribution is 8.00. The van der Waals surface area contributed by atoms with Crippen molar-refractivity contribution in [1.82, 2.24) is 15.1 Å². The third kappa shape index (κ3) is 3.95. The molecule has 0 saturated carbocycles. The van der Waals surface area contributed by atoms with Crippen LogP contribution in [0.4, 0.5) is 0 Å². The van der Waals surface area contributed by atoms with Crippen LogP contribution >= 0.6 is 11.8 Å². The van der Waals surface area contributed by atoms with Crippen molar-refractivity contribution in [3.63, 3.8) is 0 Å². The molecule has 4 N–H and O–H groups in total. The largest absolute Gasteiger partial charge is 0.477 e. The topological polar surface area (TPSA) is 164 Å². The van der Waals surface area contributed by atoms with Crippen molar-refractivity contribution in [2.75, 3.05) is 12.9 Å². The first-order valence-corrected chi connectivity index (χ1v) is 11.5. The third-order valence-electron chi connectivity index (χ3n) is 5.70. The second kappa shape index (κ2) is 8.96. The molecule has 2 aromatic heterocycles. The molecule has 5 heterocycles. The summed E-state index contributed by atoms with van der Waals surface area (Å²) in [5.74, 6) is -2.32. The average Bonchev–Trinajstić information content (AvgIpc) is 3.48. The molecule has 0 aliphatic carbocycles. The van der Waals surface area contributed by atoms with Crippen molar-refractivity contribution in [2.45, 2.75) is 24.3 Å². The summed E-state index contributed by atoms with van der Waals surface area (Å²) in [6, 6.07) is 2.76. The normalized spacial score (nSPS) is 23.8. The third-order valence-corrected chi connectivity index (χ3v) is 7.04. The number of carbonyl (C=O) groups excluding carboxylic acids is 2. The van der Waals surface area contributed by atoms with Crippen molar-refractivity contribution in [1.29, 1.82) is 0 Å². The molecular weight excluding hydrogens is 480 g/mol. The van der Waals surface area contributed by atoms with E-state index < -0.39 is 35.6 Å². The number of carboxylic acids is 1. The minimum Gasteiger partial charge on any atom is -0.477 e. The van der Waals surface area contributed by atoms with Crippen LogP contribution in [0.1, 0.15) is 0 Å². The van der Waals surface area contributed by atoms with Gasteiger partial charge in [-0.3, -0.25) is 25.1 Å². The second-order valence-electron chi connectivity index (χ2n) is 7.79. The number of pyridine rings is 1. The van der Waals surface area contributed by atoms with Gasteiger partial charge in [0.25, 0.3) is 11.8 Å². The monoisotopic (exact) mass is 501 g/mol. The zero-order valence-corrected chi connectivity index (χ0v) is 19.2. The van der Waals surface area contributed by atoms with Gasteiger partial charge in [0.05, 0.1) is 6.26 Å². The van der Waals surface area contributed by atoms with Crippen molar-refractivity contribution in [3.05, 3.63) is 54.5 Å².